The maximum atomic E-state index is 14.5. The summed E-state index contributed by atoms with van der Waals surface area (Å²) in [5.74, 6) is 0. The zero-order valence-corrected chi connectivity index (χ0v) is 28.6. The van der Waals surface area contributed by atoms with Crippen LogP contribution in [0.25, 0.3) is 11.1 Å². The molecule has 0 saturated carbocycles. The van der Waals surface area contributed by atoms with Gasteiger partial charge in [-0.25, -0.2) is 0 Å². The minimum absolute atomic E-state index is 0.463. The Hall–Kier alpha value is -0.569. The van der Waals surface area contributed by atoms with Crippen molar-refractivity contribution in [3.63, 3.8) is 0 Å². The van der Waals surface area contributed by atoms with Gasteiger partial charge in [-0.1, -0.05) is 54.6 Å². The van der Waals surface area contributed by atoms with Crippen LogP contribution in [0.2, 0.25) is 58.9 Å². The van der Waals surface area contributed by atoms with E-state index < -0.39 is 45.3 Å². The monoisotopic (exact) mass is 584 g/mol. The molecule has 202 valence electrons. The summed E-state index contributed by atoms with van der Waals surface area (Å²) in [6, 6.07) is 18.8. The van der Waals surface area contributed by atoms with E-state index in [4.69, 9.17) is 12.6 Å². The second-order valence-corrected chi connectivity index (χ2v) is 31.9. The molecule has 5 nitrogen and oxygen atoms in total. The van der Waals surface area contributed by atoms with E-state index in [1.807, 2.05) is 77.1 Å². The fourth-order valence-electron chi connectivity index (χ4n) is 4.14. The Morgan fingerprint density at radius 1 is 0.667 bits per heavy atom. The minimum Gasteiger partial charge on any atom is -0.370 e. The van der Waals surface area contributed by atoms with Gasteiger partial charge >= 0.3 is 7.60 Å². The lowest BCUT2D eigenvalue weighted by Gasteiger charge is -2.39. The van der Waals surface area contributed by atoms with Crippen LogP contribution in [0, 0.1) is 0 Å². The van der Waals surface area contributed by atoms with Gasteiger partial charge in [0, 0.05) is 6.66 Å². The highest BCUT2D eigenvalue weighted by atomic mass is 31.2. The number of hydrogen-bond donors (Lipinski definition) is 0. The highest BCUT2D eigenvalue weighted by Crippen LogP contribution is 2.72. The standard InChI is InChI=1S/C26H46O5P2Si3/c1-32(27,29-34(2,3)4)26(33(28,30-35(5,6)7)31-36(8,9)10)18-14-15-23-19-21-25(22-20-23)24-16-12-11-13-17-24/h11-13,16-17,19-22,26H,14-15,18H2,1-10H3. The summed E-state index contributed by atoms with van der Waals surface area (Å²) < 4.78 is 47.4. The van der Waals surface area contributed by atoms with Crippen LogP contribution < -0.4 is 0 Å². The third-order valence-electron chi connectivity index (χ3n) is 5.15. The maximum Gasteiger partial charge on any atom is 0.324 e. The molecule has 36 heavy (non-hydrogen) atoms. The Morgan fingerprint density at radius 2 is 1.11 bits per heavy atom. The average molecular weight is 585 g/mol. The van der Waals surface area contributed by atoms with E-state index in [0.717, 1.165) is 12.8 Å². The molecule has 0 aromatic heterocycles. The van der Waals surface area contributed by atoms with Crippen LogP contribution in [0.4, 0.5) is 0 Å². The molecule has 0 spiro atoms. The van der Waals surface area contributed by atoms with E-state index in [1.165, 1.54) is 16.7 Å². The molecule has 2 aromatic carbocycles. The van der Waals surface area contributed by atoms with E-state index in [1.54, 1.807) is 6.66 Å². The van der Waals surface area contributed by atoms with Gasteiger partial charge in [-0.15, -0.1) is 0 Å². The molecule has 0 radical (unpaired) electrons. The lowest BCUT2D eigenvalue weighted by atomic mass is 10.0. The molecule has 10 heteroatoms. The van der Waals surface area contributed by atoms with E-state index in [-0.39, 0.29) is 0 Å². The van der Waals surface area contributed by atoms with Gasteiger partial charge in [-0.05, 0) is 94.9 Å². The first-order valence-corrected chi connectivity index (χ1v) is 26.7. The summed E-state index contributed by atoms with van der Waals surface area (Å²) >= 11 is 0. The van der Waals surface area contributed by atoms with Crippen LogP contribution in [0.3, 0.4) is 0 Å². The van der Waals surface area contributed by atoms with Crippen LogP contribution >= 0.6 is 15.0 Å². The first kappa shape index (κ1) is 31.6. The van der Waals surface area contributed by atoms with Gasteiger partial charge in [0.1, 0.15) is 5.40 Å². The summed E-state index contributed by atoms with van der Waals surface area (Å²) in [6.07, 6.45) is 1.97. The van der Waals surface area contributed by atoms with Crippen LogP contribution in [0.1, 0.15) is 18.4 Å². The first-order chi connectivity index (χ1) is 16.3. The predicted octanol–water partition coefficient (Wildman–Crippen LogP) is 9.66. The number of rotatable bonds is 13. The molecule has 0 bridgehead atoms. The van der Waals surface area contributed by atoms with Crippen LogP contribution in [0.5, 0.6) is 0 Å². The van der Waals surface area contributed by atoms with E-state index in [9.17, 15) is 9.13 Å². The number of hydrogen-bond acceptors (Lipinski definition) is 5. The lowest BCUT2D eigenvalue weighted by molar-refractivity contribution is 0.370. The third-order valence-corrected chi connectivity index (χ3v) is 19.6. The molecular formula is C26H46O5P2Si3. The SMILES string of the molecule is C[Si](C)(C)OP(C)(=O)C(CCCc1ccc(-c2ccccc2)cc1)P(=O)(O[Si](C)(C)C)O[Si](C)(C)C. The summed E-state index contributed by atoms with van der Waals surface area (Å²) in [7, 11) is -13.7. The largest absolute Gasteiger partial charge is 0.370 e. The normalized spacial score (nSPS) is 15.9. The number of benzene rings is 2. The van der Waals surface area contributed by atoms with Crippen LogP contribution in [-0.4, -0.2) is 37.0 Å². The van der Waals surface area contributed by atoms with Gasteiger partial charge in [0.25, 0.3) is 0 Å². The molecule has 0 N–H and O–H groups in total. The van der Waals surface area contributed by atoms with Crippen molar-refractivity contribution < 1.29 is 21.8 Å². The quantitative estimate of drug-likeness (QED) is 0.173. The predicted molar refractivity (Wildman–Crippen MR) is 163 cm³/mol. The Bertz CT molecular complexity index is 1050. The summed E-state index contributed by atoms with van der Waals surface area (Å²) in [5.41, 5.74) is 3.56. The second-order valence-electron chi connectivity index (χ2n) is 12.5. The average Bonchev–Trinajstić information content (AvgIpc) is 2.67. The Morgan fingerprint density at radius 3 is 1.56 bits per heavy atom. The van der Waals surface area contributed by atoms with Crippen molar-refractivity contribution in [1.29, 1.82) is 0 Å². The molecule has 0 aliphatic rings. The highest BCUT2D eigenvalue weighted by Gasteiger charge is 2.51. The minimum atomic E-state index is -3.69. The van der Waals surface area contributed by atoms with Gasteiger partial charge in [0.05, 0.1) is 0 Å². The topological polar surface area (TPSA) is 61.8 Å². The fourth-order valence-corrected chi connectivity index (χ4v) is 21.0. The molecule has 2 unspecified atom stereocenters. The van der Waals surface area contributed by atoms with Crippen molar-refractivity contribution in [3.05, 3.63) is 60.2 Å². The zero-order valence-electron chi connectivity index (χ0n) is 23.8. The summed E-state index contributed by atoms with van der Waals surface area (Å²) in [4.78, 5) is 0. The van der Waals surface area contributed by atoms with Gasteiger partial charge in [-0.2, -0.15) is 0 Å². The van der Waals surface area contributed by atoms with Gasteiger partial charge in [0.15, 0.2) is 25.0 Å². The molecule has 0 amide bonds. The van der Waals surface area contributed by atoms with Gasteiger partial charge < -0.3 is 12.6 Å². The highest BCUT2D eigenvalue weighted by molar-refractivity contribution is 7.76. The smallest absolute Gasteiger partial charge is 0.324 e. The van der Waals surface area contributed by atoms with Crippen molar-refractivity contribution in [2.75, 3.05) is 6.66 Å². The molecular weight excluding hydrogens is 538 g/mol. The van der Waals surface area contributed by atoms with Crippen LogP contribution in [-0.2, 0) is 28.2 Å². The van der Waals surface area contributed by atoms with Gasteiger partial charge in [-0.3, -0.25) is 9.13 Å². The van der Waals surface area contributed by atoms with Gasteiger partial charge in [0.2, 0.25) is 7.37 Å². The van der Waals surface area contributed by atoms with Crippen molar-refractivity contribution in [2.45, 2.75) is 83.6 Å². The maximum absolute atomic E-state index is 14.5. The van der Waals surface area contributed by atoms with E-state index in [2.05, 4.69) is 36.4 Å². The molecule has 0 fully saturated rings. The van der Waals surface area contributed by atoms with Crippen molar-refractivity contribution >= 4 is 39.9 Å². The fraction of sp³-hybridized carbons (Fsp3) is 0.538. The van der Waals surface area contributed by atoms with E-state index in [0.29, 0.717) is 6.42 Å². The summed E-state index contributed by atoms with van der Waals surface area (Å²) in [5, 5.41) is -0.765. The second kappa shape index (κ2) is 12.1. The first-order valence-electron chi connectivity index (χ1n) is 12.7. The molecule has 2 aromatic rings. The molecule has 0 aliphatic carbocycles. The number of aryl methyl sites for hydroxylation is 1. The Labute approximate surface area is 222 Å². The van der Waals surface area contributed by atoms with Crippen molar-refractivity contribution in [2.24, 2.45) is 0 Å². The van der Waals surface area contributed by atoms with Crippen molar-refractivity contribution in [1.82, 2.24) is 0 Å². The molecule has 0 heterocycles. The lowest BCUT2D eigenvalue weighted by Crippen LogP contribution is -2.34. The van der Waals surface area contributed by atoms with E-state index >= 15 is 0 Å². The molecule has 0 aliphatic heterocycles. The Balaban J connectivity index is 2.30. The molecule has 2 rings (SSSR count). The zero-order chi connectivity index (χ0) is 27.4. The summed E-state index contributed by atoms with van der Waals surface area (Å²) in [6.45, 7) is 19.7. The Kier molecular flexibility index (Phi) is 10.6. The third kappa shape index (κ3) is 10.7. The van der Waals surface area contributed by atoms with Crippen LogP contribution in [0.15, 0.2) is 54.6 Å². The molecule has 0 saturated heterocycles. The molecule has 2 atom stereocenters. The van der Waals surface area contributed by atoms with Crippen molar-refractivity contribution in [3.8, 4) is 11.1 Å².